The number of primary amides is 1. The van der Waals surface area contributed by atoms with Crippen LogP contribution in [0.5, 0.6) is 0 Å². The molecule has 1 aromatic heterocycles. The molecule has 178 valence electrons. The van der Waals surface area contributed by atoms with Crippen LogP contribution in [-0.2, 0) is 30.4 Å². The maximum absolute atomic E-state index is 12.9. The van der Waals surface area contributed by atoms with Crippen molar-refractivity contribution in [1.82, 2.24) is 20.9 Å². The van der Waals surface area contributed by atoms with Crippen molar-refractivity contribution in [2.24, 2.45) is 11.5 Å². The first-order chi connectivity index (χ1) is 15.7. The smallest absolute Gasteiger partial charge is 0.326 e. The van der Waals surface area contributed by atoms with Gasteiger partial charge in [-0.05, 0) is 11.6 Å². The second-order valence-corrected chi connectivity index (χ2v) is 7.20. The Bertz CT molecular complexity index is 1040. The lowest BCUT2D eigenvalue weighted by molar-refractivity contribution is -0.143. The molecule has 0 radical (unpaired) electrons. The van der Waals surface area contributed by atoms with Crippen LogP contribution in [0.15, 0.2) is 30.5 Å². The number of aliphatic carboxylic acids is 1. The van der Waals surface area contributed by atoms with Gasteiger partial charge >= 0.3 is 5.97 Å². The molecule has 10 N–H and O–H groups in total. The maximum Gasteiger partial charge on any atom is 0.326 e. The summed E-state index contributed by atoms with van der Waals surface area (Å²) in [5, 5.41) is 26.3. The minimum atomic E-state index is -1.61. The third-order valence-electron chi connectivity index (χ3n) is 4.77. The number of hydrogen-bond donors (Lipinski definition) is 8. The molecule has 2 aromatic rings. The fourth-order valence-corrected chi connectivity index (χ4v) is 3.12. The summed E-state index contributed by atoms with van der Waals surface area (Å²) in [5.74, 6) is -4.91. The van der Waals surface area contributed by atoms with Gasteiger partial charge in [0.15, 0.2) is 0 Å². The number of fused-ring (bicyclic) bond motifs is 1. The van der Waals surface area contributed by atoms with Gasteiger partial charge in [0.05, 0.1) is 19.6 Å². The number of carbonyl (C=O) groups is 5. The van der Waals surface area contributed by atoms with Crippen LogP contribution in [0.4, 0.5) is 0 Å². The van der Waals surface area contributed by atoms with Gasteiger partial charge in [0.1, 0.15) is 18.1 Å². The molecule has 1 heterocycles. The Morgan fingerprint density at radius 3 is 2.21 bits per heavy atom. The van der Waals surface area contributed by atoms with Crippen LogP contribution in [0.3, 0.4) is 0 Å². The van der Waals surface area contributed by atoms with E-state index in [4.69, 9.17) is 11.5 Å². The highest BCUT2D eigenvalue weighted by Gasteiger charge is 2.30. The summed E-state index contributed by atoms with van der Waals surface area (Å²) in [6, 6.07) is 2.89. The molecule has 3 atom stereocenters. The molecular formula is C20H26N6O7. The summed E-state index contributed by atoms with van der Waals surface area (Å²) < 4.78 is 0. The Hall–Kier alpha value is -3.97. The van der Waals surface area contributed by atoms with Crippen LogP contribution >= 0.6 is 0 Å². The van der Waals surface area contributed by atoms with Crippen LogP contribution in [0.1, 0.15) is 12.0 Å². The van der Waals surface area contributed by atoms with Crippen molar-refractivity contribution in [3.05, 3.63) is 36.0 Å². The van der Waals surface area contributed by atoms with Crippen molar-refractivity contribution >= 4 is 40.5 Å². The standard InChI is InChI=1S/C20H26N6O7/c21-7-17(29)24-15(9-27)19(31)25-13(18(30)26-14(20(32)33)6-16(22)28)5-10-8-23-12-4-2-1-3-11(10)12/h1-4,8,13-15,23,27H,5-7,9,21H2,(H2,22,28)(H,24,29)(H,25,31)(H,26,30)(H,32,33). The molecule has 0 fully saturated rings. The number of rotatable bonds is 12. The highest BCUT2D eigenvalue weighted by molar-refractivity contribution is 5.95. The number of aromatic nitrogens is 1. The number of hydrogen-bond acceptors (Lipinski definition) is 7. The van der Waals surface area contributed by atoms with Gasteiger partial charge in [0, 0.05) is 23.5 Å². The number of nitrogens with two attached hydrogens (primary N) is 2. The molecule has 4 amide bonds. The Balaban J connectivity index is 2.29. The summed E-state index contributed by atoms with van der Waals surface area (Å²) >= 11 is 0. The molecule has 0 bridgehead atoms. The van der Waals surface area contributed by atoms with Crippen molar-refractivity contribution in [1.29, 1.82) is 0 Å². The number of amides is 4. The molecule has 0 aliphatic carbocycles. The summed E-state index contributed by atoms with van der Waals surface area (Å²) in [4.78, 5) is 62.6. The number of nitrogens with one attached hydrogen (secondary N) is 4. The number of aliphatic hydroxyl groups is 1. The molecule has 13 heteroatoms. The number of aliphatic hydroxyl groups excluding tert-OH is 1. The minimum Gasteiger partial charge on any atom is -0.480 e. The van der Waals surface area contributed by atoms with E-state index in [1.165, 1.54) is 0 Å². The van der Waals surface area contributed by atoms with E-state index in [9.17, 15) is 34.2 Å². The van der Waals surface area contributed by atoms with Crippen molar-refractivity contribution < 1.29 is 34.2 Å². The van der Waals surface area contributed by atoms with E-state index in [1.54, 1.807) is 18.3 Å². The van der Waals surface area contributed by atoms with Gasteiger partial charge in [-0.2, -0.15) is 0 Å². The van der Waals surface area contributed by atoms with E-state index in [0.29, 0.717) is 5.56 Å². The first kappa shape index (κ1) is 25.3. The summed E-state index contributed by atoms with van der Waals surface area (Å²) in [6.45, 7) is -1.19. The Morgan fingerprint density at radius 1 is 0.970 bits per heavy atom. The fourth-order valence-electron chi connectivity index (χ4n) is 3.12. The lowest BCUT2D eigenvalue weighted by Gasteiger charge is -2.23. The van der Waals surface area contributed by atoms with Crippen LogP contribution in [0, 0.1) is 0 Å². The first-order valence-electron chi connectivity index (χ1n) is 9.93. The number of H-pyrrole nitrogens is 1. The van der Waals surface area contributed by atoms with Gasteiger partial charge in [0.2, 0.25) is 23.6 Å². The molecule has 0 spiro atoms. The topological polar surface area (TPSA) is 230 Å². The lowest BCUT2D eigenvalue weighted by atomic mass is 10.0. The minimum absolute atomic E-state index is 0.0620. The number of para-hydroxylation sites is 1. The summed E-state index contributed by atoms with van der Waals surface area (Å²) in [7, 11) is 0. The SMILES string of the molecule is NCC(=O)NC(CO)C(=O)NC(Cc1c[nH]c2ccccc12)C(=O)NC(CC(N)=O)C(=O)O. The molecule has 3 unspecified atom stereocenters. The molecule has 2 rings (SSSR count). The number of benzene rings is 1. The molecule has 13 nitrogen and oxygen atoms in total. The van der Waals surface area contributed by atoms with E-state index < -0.39 is 67.3 Å². The van der Waals surface area contributed by atoms with Crippen molar-refractivity contribution in [2.45, 2.75) is 31.0 Å². The summed E-state index contributed by atoms with van der Waals surface area (Å²) in [6.07, 6.45) is 0.920. The maximum atomic E-state index is 12.9. The average Bonchev–Trinajstić information content (AvgIpc) is 3.18. The number of carboxylic acids is 1. The normalized spacial score (nSPS) is 13.5. The predicted molar refractivity (Wildman–Crippen MR) is 115 cm³/mol. The van der Waals surface area contributed by atoms with Crippen LogP contribution < -0.4 is 27.4 Å². The Morgan fingerprint density at radius 2 is 1.61 bits per heavy atom. The van der Waals surface area contributed by atoms with E-state index in [-0.39, 0.29) is 6.42 Å². The van der Waals surface area contributed by atoms with Crippen molar-refractivity contribution in [3.63, 3.8) is 0 Å². The fraction of sp³-hybridized carbons (Fsp3) is 0.350. The second kappa shape index (κ2) is 11.6. The van der Waals surface area contributed by atoms with Crippen LogP contribution in [0.2, 0.25) is 0 Å². The number of carbonyl (C=O) groups excluding carboxylic acids is 4. The van der Waals surface area contributed by atoms with E-state index in [0.717, 1.165) is 10.9 Å². The molecule has 0 aliphatic heterocycles. The summed E-state index contributed by atoms with van der Waals surface area (Å²) in [5.41, 5.74) is 11.7. The van der Waals surface area contributed by atoms with Gasteiger partial charge in [0.25, 0.3) is 0 Å². The van der Waals surface area contributed by atoms with Gasteiger partial charge in [-0.25, -0.2) is 4.79 Å². The highest BCUT2D eigenvalue weighted by atomic mass is 16.4. The Labute approximate surface area is 187 Å². The Kier molecular flexibility index (Phi) is 8.89. The molecule has 0 saturated heterocycles. The molecular weight excluding hydrogens is 436 g/mol. The van der Waals surface area contributed by atoms with E-state index in [1.807, 2.05) is 12.1 Å². The first-order valence-corrected chi connectivity index (χ1v) is 9.93. The lowest BCUT2D eigenvalue weighted by Crippen LogP contribution is -2.58. The van der Waals surface area contributed by atoms with E-state index >= 15 is 0 Å². The van der Waals surface area contributed by atoms with E-state index in [2.05, 4.69) is 20.9 Å². The predicted octanol–water partition coefficient (Wildman–Crippen LogP) is -2.92. The second-order valence-electron chi connectivity index (χ2n) is 7.20. The zero-order chi connectivity index (χ0) is 24.5. The third-order valence-corrected chi connectivity index (χ3v) is 4.77. The largest absolute Gasteiger partial charge is 0.480 e. The molecule has 1 aromatic carbocycles. The van der Waals surface area contributed by atoms with Gasteiger partial charge < -0.3 is 42.6 Å². The van der Waals surface area contributed by atoms with Crippen LogP contribution in [0.25, 0.3) is 10.9 Å². The highest BCUT2D eigenvalue weighted by Crippen LogP contribution is 2.19. The number of aromatic amines is 1. The monoisotopic (exact) mass is 462 g/mol. The molecule has 33 heavy (non-hydrogen) atoms. The van der Waals surface area contributed by atoms with Crippen molar-refractivity contribution in [3.8, 4) is 0 Å². The number of carboxylic acid groups (broad SMARTS) is 1. The zero-order valence-electron chi connectivity index (χ0n) is 17.5. The van der Waals surface area contributed by atoms with Gasteiger partial charge in [-0.15, -0.1) is 0 Å². The quantitative estimate of drug-likeness (QED) is 0.162. The van der Waals surface area contributed by atoms with Crippen LogP contribution in [-0.4, -0.2) is 76.1 Å². The van der Waals surface area contributed by atoms with Crippen molar-refractivity contribution in [2.75, 3.05) is 13.2 Å². The average molecular weight is 462 g/mol. The van der Waals surface area contributed by atoms with Gasteiger partial charge in [-0.1, -0.05) is 18.2 Å². The molecule has 0 saturated carbocycles. The van der Waals surface area contributed by atoms with Gasteiger partial charge in [-0.3, -0.25) is 19.2 Å². The third kappa shape index (κ3) is 7.02. The zero-order valence-corrected chi connectivity index (χ0v) is 17.5. The molecule has 0 aliphatic rings.